The normalized spacial score (nSPS) is 19.3. The molecule has 1 fully saturated rings. The highest BCUT2D eigenvalue weighted by molar-refractivity contribution is 8.01. The molecule has 3 heterocycles. The van der Waals surface area contributed by atoms with Gasteiger partial charge in [0.05, 0.1) is 10.9 Å². The number of piperazine rings is 1. The van der Waals surface area contributed by atoms with Gasteiger partial charge in [-0.1, -0.05) is 48.5 Å². The third kappa shape index (κ3) is 4.10. The molecule has 0 radical (unpaired) electrons. The molecule has 3 aromatic rings. The fourth-order valence-electron chi connectivity index (χ4n) is 3.97. The zero-order valence-electron chi connectivity index (χ0n) is 16.2. The molecule has 1 saturated heterocycles. The zero-order valence-corrected chi connectivity index (χ0v) is 17.8. The second kappa shape index (κ2) is 8.30. The number of fused-ring (bicyclic) bond motifs is 1. The minimum absolute atomic E-state index is 0.0471. The van der Waals surface area contributed by atoms with Crippen LogP contribution in [0, 0.1) is 0 Å². The number of rotatable bonds is 4. The van der Waals surface area contributed by atoms with Crippen LogP contribution in [0.1, 0.15) is 11.3 Å². The van der Waals surface area contributed by atoms with E-state index in [-0.39, 0.29) is 5.25 Å². The predicted molar refractivity (Wildman–Crippen MR) is 119 cm³/mol. The second-order valence-corrected chi connectivity index (χ2v) is 9.63. The molecule has 1 amide bonds. The summed E-state index contributed by atoms with van der Waals surface area (Å²) >= 11 is 3.43. The molecule has 0 N–H and O–H groups in total. The lowest BCUT2D eigenvalue weighted by atomic mass is 10.1. The Kier molecular flexibility index (Phi) is 5.40. The number of carbonyl (C=O) groups excluding carboxylic acids is 1. The van der Waals surface area contributed by atoms with E-state index in [2.05, 4.69) is 51.6 Å². The van der Waals surface area contributed by atoms with Gasteiger partial charge >= 0.3 is 0 Å². The fraction of sp³-hybridized carbons (Fsp3) is 0.304. The Balaban J connectivity index is 1.14. The molecule has 2 aliphatic heterocycles. The van der Waals surface area contributed by atoms with Crippen molar-refractivity contribution in [2.75, 3.05) is 26.2 Å². The van der Waals surface area contributed by atoms with Crippen LogP contribution >= 0.6 is 23.1 Å². The average molecular weight is 422 g/mol. The first-order valence-electron chi connectivity index (χ1n) is 10.0. The first kappa shape index (κ1) is 18.9. The first-order chi connectivity index (χ1) is 14.3. The Bertz CT molecular complexity index is 971. The number of thioether (sulfide) groups is 1. The summed E-state index contributed by atoms with van der Waals surface area (Å²) in [6, 6.07) is 18.7. The molecule has 5 rings (SSSR count). The van der Waals surface area contributed by atoms with Crippen molar-refractivity contribution in [3.05, 3.63) is 71.2 Å². The molecule has 0 unspecified atom stereocenters. The van der Waals surface area contributed by atoms with Crippen LogP contribution in [0.15, 0.2) is 64.9 Å². The quantitative estimate of drug-likeness (QED) is 0.634. The van der Waals surface area contributed by atoms with Crippen LogP contribution in [0.2, 0.25) is 0 Å². The third-order valence-corrected chi connectivity index (χ3v) is 7.81. The lowest BCUT2D eigenvalue weighted by Crippen LogP contribution is -2.50. The van der Waals surface area contributed by atoms with Gasteiger partial charge in [-0.05, 0) is 18.1 Å². The predicted octanol–water partition coefficient (Wildman–Crippen LogP) is 4.17. The Morgan fingerprint density at radius 2 is 1.76 bits per heavy atom. The fourth-order valence-corrected chi connectivity index (χ4v) is 6.07. The first-order valence-corrected chi connectivity index (χ1v) is 11.8. The van der Waals surface area contributed by atoms with Crippen molar-refractivity contribution in [2.45, 2.75) is 23.1 Å². The van der Waals surface area contributed by atoms with Gasteiger partial charge in [-0.15, -0.1) is 23.1 Å². The largest absolute Gasteiger partial charge is 0.339 e. The summed E-state index contributed by atoms with van der Waals surface area (Å²) in [7, 11) is 0. The number of hydrogen-bond acceptors (Lipinski definition) is 5. The van der Waals surface area contributed by atoms with Crippen molar-refractivity contribution in [2.24, 2.45) is 0 Å². The molecule has 6 heteroatoms. The van der Waals surface area contributed by atoms with Gasteiger partial charge in [-0.2, -0.15) is 0 Å². The summed E-state index contributed by atoms with van der Waals surface area (Å²) < 4.78 is 0. The van der Waals surface area contributed by atoms with E-state index < -0.39 is 0 Å². The maximum absolute atomic E-state index is 13.0. The van der Waals surface area contributed by atoms with Gasteiger partial charge in [0.1, 0.15) is 5.01 Å². The van der Waals surface area contributed by atoms with Gasteiger partial charge in [0.15, 0.2) is 0 Å². The number of amides is 1. The summed E-state index contributed by atoms with van der Waals surface area (Å²) in [6.45, 7) is 4.29. The van der Waals surface area contributed by atoms with Crippen LogP contribution < -0.4 is 0 Å². The molecule has 0 aliphatic carbocycles. The van der Waals surface area contributed by atoms with Gasteiger partial charge in [0.2, 0.25) is 5.91 Å². The molecular weight excluding hydrogens is 398 g/mol. The number of aromatic nitrogens is 1. The topological polar surface area (TPSA) is 36.4 Å². The van der Waals surface area contributed by atoms with E-state index in [0.29, 0.717) is 5.91 Å². The zero-order chi connectivity index (χ0) is 19.6. The smallest absolute Gasteiger partial charge is 0.236 e. The Labute approximate surface area is 179 Å². The number of thiazole rings is 1. The van der Waals surface area contributed by atoms with Gasteiger partial charge < -0.3 is 4.90 Å². The highest BCUT2D eigenvalue weighted by Crippen LogP contribution is 2.37. The minimum Gasteiger partial charge on any atom is -0.339 e. The number of carbonyl (C=O) groups is 1. The molecule has 0 saturated carbocycles. The Hall–Kier alpha value is -2.15. The Morgan fingerprint density at radius 1 is 1.00 bits per heavy atom. The van der Waals surface area contributed by atoms with Gasteiger partial charge in [-0.3, -0.25) is 9.69 Å². The molecule has 2 aliphatic rings. The summed E-state index contributed by atoms with van der Waals surface area (Å²) in [6.07, 6.45) is 0.862. The Morgan fingerprint density at radius 3 is 2.55 bits per heavy atom. The van der Waals surface area contributed by atoms with E-state index >= 15 is 0 Å². The van der Waals surface area contributed by atoms with Crippen molar-refractivity contribution >= 4 is 29.0 Å². The van der Waals surface area contributed by atoms with E-state index in [0.717, 1.165) is 49.8 Å². The standard InChI is InChI=1S/C23H23N3OS2/c27-23(21-14-18-8-4-5-9-20(18)29-21)26-12-10-25(11-13-26)15-19-16-28-22(24-19)17-6-2-1-3-7-17/h1-9,16,21H,10-15H2/t21-/m0/s1. The average Bonchev–Trinajstić information content (AvgIpc) is 3.41. The van der Waals surface area contributed by atoms with Crippen molar-refractivity contribution in [3.8, 4) is 10.6 Å². The summed E-state index contributed by atoms with van der Waals surface area (Å²) in [5.41, 5.74) is 3.61. The van der Waals surface area contributed by atoms with Crippen LogP contribution in [0.4, 0.5) is 0 Å². The third-order valence-electron chi connectivity index (χ3n) is 5.56. The second-order valence-electron chi connectivity index (χ2n) is 7.53. The molecule has 29 heavy (non-hydrogen) atoms. The van der Waals surface area contributed by atoms with E-state index in [1.165, 1.54) is 16.0 Å². The molecule has 2 aromatic carbocycles. The molecular formula is C23H23N3OS2. The van der Waals surface area contributed by atoms with E-state index in [9.17, 15) is 4.79 Å². The summed E-state index contributed by atoms with van der Waals surface area (Å²) in [5.74, 6) is 0.297. The molecule has 1 aromatic heterocycles. The van der Waals surface area contributed by atoms with Crippen molar-refractivity contribution in [1.29, 1.82) is 0 Å². The van der Waals surface area contributed by atoms with Crippen LogP contribution in [0.5, 0.6) is 0 Å². The van der Waals surface area contributed by atoms with E-state index in [1.807, 2.05) is 18.2 Å². The monoisotopic (exact) mass is 421 g/mol. The maximum atomic E-state index is 13.0. The molecule has 0 bridgehead atoms. The number of benzene rings is 2. The highest BCUT2D eigenvalue weighted by atomic mass is 32.2. The molecule has 0 spiro atoms. The van der Waals surface area contributed by atoms with Crippen LogP contribution in [0.3, 0.4) is 0 Å². The number of hydrogen-bond donors (Lipinski definition) is 0. The molecule has 4 nitrogen and oxygen atoms in total. The van der Waals surface area contributed by atoms with Gasteiger partial charge in [-0.25, -0.2) is 4.98 Å². The van der Waals surface area contributed by atoms with Crippen LogP contribution in [0.25, 0.3) is 10.6 Å². The van der Waals surface area contributed by atoms with Gasteiger partial charge in [0.25, 0.3) is 0 Å². The van der Waals surface area contributed by atoms with Crippen LogP contribution in [-0.4, -0.2) is 52.1 Å². The minimum atomic E-state index is 0.0471. The summed E-state index contributed by atoms with van der Waals surface area (Å²) in [4.78, 5) is 23.5. The molecule has 148 valence electrons. The molecule has 1 atom stereocenters. The van der Waals surface area contributed by atoms with E-state index in [4.69, 9.17) is 4.98 Å². The SMILES string of the molecule is O=C([C@@H]1Cc2ccccc2S1)N1CCN(Cc2csc(-c3ccccc3)n2)CC1. The number of nitrogens with zero attached hydrogens (tertiary/aromatic N) is 3. The van der Waals surface area contributed by atoms with Gasteiger partial charge in [0, 0.05) is 48.6 Å². The highest BCUT2D eigenvalue weighted by Gasteiger charge is 2.32. The van der Waals surface area contributed by atoms with Crippen LogP contribution in [-0.2, 0) is 17.8 Å². The lowest BCUT2D eigenvalue weighted by Gasteiger charge is -2.35. The summed E-state index contributed by atoms with van der Waals surface area (Å²) in [5, 5.41) is 3.28. The lowest BCUT2D eigenvalue weighted by molar-refractivity contribution is -0.132. The van der Waals surface area contributed by atoms with Crippen molar-refractivity contribution in [1.82, 2.24) is 14.8 Å². The van der Waals surface area contributed by atoms with Crippen molar-refractivity contribution < 1.29 is 4.79 Å². The van der Waals surface area contributed by atoms with Crippen molar-refractivity contribution in [3.63, 3.8) is 0 Å². The van der Waals surface area contributed by atoms with E-state index in [1.54, 1.807) is 23.1 Å². The maximum Gasteiger partial charge on any atom is 0.236 e.